The number of halogens is 5. The lowest BCUT2D eigenvalue weighted by Crippen LogP contribution is -2.27. The van der Waals surface area contributed by atoms with Crippen LogP contribution >= 0.6 is 23.2 Å². The quantitative estimate of drug-likeness (QED) is 0.747. The van der Waals surface area contributed by atoms with Crippen LogP contribution in [-0.4, -0.2) is 24.1 Å². The number of aliphatic imine (C=N–C) groups is 1. The topological polar surface area (TPSA) is 38.7 Å². The molecule has 0 saturated carbocycles. The zero-order valence-electron chi connectivity index (χ0n) is 8.46. The zero-order chi connectivity index (χ0) is 13.5. The summed E-state index contributed by atoms with van der Waals surface area (Å²) in [6, 6.07) is 3.95. The summed E-state index contributed by atoms with van der Waals surface area (Å²) >= 11 is 11.4. The molecule has 18 heavy (non-hydrogen) atoms. The fraction of sp³-hybridized carbons (Fsp3) is 0.200. The van der Waals surface area contributed by atoms with E-state index in [9.17, 15) is 18.0 Å². The van der Waals surface area contributed by atoms with Gasteiger partial charge in [0, 0.05) is 5.56 Å². The van der Waals surface area contributed by atoms with Crippen molar-refractivity contribution in [2.75, 3.05) is 0 Å². The number of carbonyl (C=O) groups excluding carboxylic acids is 1. The fourth-order valence-electron chi connectivity index (χ4n) is 1.33. The molecule has 0 spiro atoms. The molecule has 0 radical (unpaired) electrons. The standard InChI is InChI=1S/C10H4Cl2F3NO2/c11-5-2-1-4(3-6(5)12)7-8(17)18-9(16-7)10(13,14)15/h1-3,9H. The molecule has 0 aliphatic carbocycles. The number of ether oxygens (including phenoxy) is 1. The number of rotatable bonds is 1. The van der Waals surface area contributed by atoms with Gasteiger partial charge in [0.05, 0.1) is 10.0 Å². The second-order valence-electron chi connectivity index (χ2n) is 3.41. The van der Waals surface area contributed by atoms with Crippen molar-refractivity contribution in [3.63, 3.8) is 0 Å². The van der Waals surface area contributed by atoms with Gasteiger partial charge in [-0.2, -0.15) is 13.2 Å². The van der Waals surface area contributed by atoms with E-state index >= 15 is 0 Å². The van der Waals surface area contributed by atoms with E-state index in [-0.39, 0.29) is 15.6 Å². The summed E-state index contributed by atoms with van der Waals surface area (Å²) in [5.74, 6) is -1.14. The van der Waals surface area contributed by atoms with Crippen molar-refractivity contribution in [3.05, 3.63) is 33.8 Å². The van der Waals surface area contributed by atoms with E-state index in [1.165, 1.54) is 18.2 Å². The van der Waals surface area contributed by atoms with Crippen molar-refractivity contribution in [2.24, 2.45) is 4.99 Å². The lowest BCUT2D eigenvalue weighted by molar-refractivity contribution is -0.210. The highest BCUT2D eigenvalue weighted by Crippen LogP contribution is 2.30. The molecule has 0 bridgehead atoms. The summed E-state index contributed by atoms with van der Waals surface area (Å²) < 4.78 is 41.1. The molecule has 1 aromatic rings. The van der Waals surface area contributed by atoms with Crippen molar-refractivity contribution in [2.45, 2.75) is 12.4 Å². The lowest BCUT2D eigenvalue weighted by atomic mass is 10.1. The first-order valence-corrected chi connectivity index (χ1v) is 5.35. The first kappa shape index (κ1) is 13.2. The maximum absolute atomic E-state index is 12.3. The van der Waals surface area contributed by atoms with Crippen LogP contribution in [0, 0.1) is 0 Å². The van der Waals surface area contributed by atoms with Crippen molar-refractivity contribution >= 4 is 34.9 Å². The van der Waals surface area contributed by atoms with Crippen LogP contribution in [0.5, 0.6) is 0 Å². The SMILES string of the molecule is O=C1OC(C(F)(F)F)N=C1c1ccc(Cl)c(Cl)c1. The summed E-state index contributed by atoms with van der Waals surface area (Å²) in [4.78, 5) is 14.5. The number of hydrogen-bond acceptors (Lipinski definition) is 3. The van der Waals surface area contributed by atoms with Gasteiger partial charge in [0.2, 0.25) is 0 Å². The number of hydrogen-bond donors (Lipinski definition) is 0. The van der Waals surface area contributed by atoms with Crippen LogP contribution in [0.25, 0.3) is 0 Å². The van der Waals surface area contributed by atoms with E-state index in [1.807, 2.05) is 0 Å². The monoisotopic (exact) mass is 297 g/mol. The first-order chi connectivity index (χ1) is 8.29. The van der Waals surface area contributed by atoms with Gasteiger partial charge < -0.3 is 4.74 Å². The van der Waals surface area contributed by atoms with E-state index in [2.05, 4.69) is 9.73 Å². The van der Waals surface area contributed by atoms with E-state index in [1.54, 1.807) is 0 Å². The van der Waals surface area contributed by atoms with Gasteiger partial charge in [0.25, 0.3) is 6.23 Å². The van der Waals surface area contributed by atoms with Gasteiger partial charge in [-0.25, -0.2) is 9.79 Å². The average Bonchev–Trinajstić information content (AvgIpc) is 2.64. The molecule has 1 unspecified atom stereocenters. The summed E-state index contributed by atoms with van der Waals surface area (Å²) in [5, 5.41) is 0.333. The second-order valence-corrected chi connectivity index (χ2v) is 4.22. The van der Waals surface area contributed by atoms with Crippen LogP contribution in [0.4, 0.5) is 13.2 Å². The predicted octanol–water partition coefficient (Wildman–Crippen LogP) is 3.23. The Labute approximate surface area is 109 Å². The number of esters is 1. The predicted molar refractivity (Wildman–Crippen MR) is 58.9 cm³/mol. The minimum Gasteiger partial charge on any atom is -0.425 e. The second kappa shape index (κ2) is 4.44. The van der Waals surface area contributed by atoms with E-state index in [0.29, 0.717) is 0 Å². The largest absolute Gasteiger partial charge is 0.447 e. The lowest BCUT2D eigenvalue weighted by Gasteiger charge is -2.09. The molecule has 0 N–H and O–H groups in total. The third-order valence-electron chi connectivity index (χ3n) is 2.13. The van der Waals surface area contributed by atoms with Crippen LogP contribution in [0.2, 0.25) is 10.0 Å². The minimum absolute atomic E-state index is 0.111. The highest BCUT2D eigenvalue weighted by Gasteiger charge is 2.47. The summed E-state index contributed by atoms with van der Waals surface area (Å²) in [7, 11) is 0. The summed E-state index contributed by atoms with van der Waals surface area (Å²) in [5.41, 5.74) is -0.294. The van der Waals surface area contributed by atoms with Gasteiger partial charge in [0.15, 0.2) is 5.71 Å². The molecule has 1 aliphatic rings. The number of cyclic esters (lactones) is 1. The number of nitrogens with zero attached hydrogens (tertiary/aromatic N) is 1. The molecule has 1 atom stereocenters. The van der Waals surface area contributed by atoms with Crippen molar-refractivity contribution in [1.29, 1.82) is 0 Å². The normalized spacial score (nSPS) is 19.7. The Balaban J connectivity index is 2.38. The van der Waals surface area contributed by atoms with Gasteiger partial charge >= 0.3 is 12.1 Å². The van der Waals surface area contributed by atoms with Crippen LogP contribution in [0.3, 0.4) is 0 Å². The molecule has 2 rings (SSSR count). The molecule has 1 aromatic carbocycles. The molecule has 0 amide bonds. The maximum atomic E-state index is 12.3. The first-order valence-electron chi connectivity index (χ1n) is 4.60. The van der Waals surface area contributed by atoms with Gasteiger partial charge in [0.1, 0.15) is 0 Å². The molecule has 8 heteroatoms. The molecule has 0 aromatic heterocycles. The molecule has 1 aliphatic heterocycles. The number of carbonyl (C=O) groups is 1. The molecular weight excluding hydrogens is 294 g/mol. The Kier molecular flexibility index (Phi) is 3.25. The maximum Gasteiger partial charge on any atom is 0.447 e. The molecule has 0 fully saturated rings. The zero-order valence-corrected chi connectivity index (χ0v) is 9.97. The smallest absolute Gasteiger partial charge is 0.425 e. The van der Waals surface area contributed by atoms with E-state index < -0.39 is 24.1 Å². The van der Waals surface area contributed by atoms with Gasteiger partial charge in [-0.1, -0.05) is 29.3 Å². The van der Waals surface area contributed by atoms with Crippen LogP contribution in [0.15, 0.2) is 23.2 Å². The summed E-state index contributed by atoms with van der Waals surface area (Å²) in [6.07, 6.45) is -7.19. The average molecular weight is 298 g/mol. The third-order valence-corrected chi connectivity index (χ3v) is 2.87. The van der Waals surface area contributed by atoms with Gasteiger partial charge in [-0.3, -0.25) is 0 Å². The minimum atomic E-state index is -4.73. The van der Waals surface area contributed by atoms with Crippen LogP contribution in [0.1, 0.15) is 5.56 Å². The highest BCUT2D eigenvalue weighted by molar-refractivity contribution is 6.46. The van der Waals surface area contributed by atoms with Gasteiger partial charge in [-0.15, -0.1) is 0 Å². The van der Waals surface area contributed by atoms with Gasteiger partial charge in [-0.05, 0) is 12.1 Å². The Bertz CT molecular complexity index is 542. The summed E-state index contributed by atoms with van der Waals surface area (Å²) in [6.45, 7) is 0. The van der Waals surface area contributed by atoms with Crippen molar-refractivity contribution in [1.82, 2.24) is 0 Å². The van der Waals surface area contributed by atoms with E-state index in [0.717, 1.165) is 0 Å². The molecule has 3 nitrogen and oxygen atoms in total. The number of alkyl halides is 3. The Morgan fingerprint density at radius 1 is 1.22 bits per heavy atom. The third kappa shape index (κ3) is 2.44. The Hall–Kier alpha value is -1.27. The van der Waals surface area contributed by atoms with Crippen molar-refractivity contribution < 1.29 is 22.7 Å². The highest BCUT2D eigenvalue weighted by atomic mass is 35.5. The molecule has 96 valence electrons. The fourth-order valence-corrected chi connectivity index (χ4v) is 1.63. The molecular formula is C10H4Cl2F3NO2. The van der Waals surface area contributed by atoms with E-state index in [4.69, 9.17) is 23.2 Å². The number of benzene rings is 1. The molecule has 0 saturated heterocycles. The Morgan fingerprint density at radius 2 is 1.89 bits per heavy atom. The van der Waals surface area contributed by atoms with Crippen LogP contribution < -0.4 is 0 Å². The van der Waals surface area contributed by atoms with Crippen molar-refractivity contribution in [3.8, 4) is 0 Å². The molecule has 1 heterocycles. The van der Waals surface area contributed by atoms with Crippen LogP contribution in [-0.2, 0) is 9.53 Å². The Morgan fingerprint density at radius 3 is 2.39 bits per heavy atom.